The van der Waals surface area contributed by atoms with Crippen LogP contribution in [0, 0.1) is 17.3 Å². The van der Waals surface area contributed by atoms with Gasteiger partial charge in [0.05, 0.1) is 0 Å². The van der Waals surface area contributed by atoms with Gasteiger partial charge in [-0.3, -0.25) is 4.79 Å². The number of ketones is 1. The predicted molar refractivity (Wildman–Crippen MR) is 55.6 cm³/mol. The molecule has 0 N–H and O–H groups in total. The number of carbonyl (C=O) groups is 1. The van der Waals surface area contributed by atoms with Crippen molar-refractivity contribution in [3.05, 3.63) is 0 Å². The summed E-state index contributed by atoms with van der Waals surface area (Å²) < 4.78 is 0. The van der Waals surface area contributed by atoms with Crippen molar-refractivity contribution in [2.24, 2.45) is 17.3 Å². The van der Waals surface area contributed by atoms with Crippen LogP contribution in [0.1, 0.15) is 53.4 Å². The van der Waals surface area contributed by atoms with E-state index in [4.69, 9.17) is 0 Å². The van der Waals surface area contributed by atoms with Gasteiger partial charge in [-0.05, 0) is 30.1 Å². The summed E-state index contributed by atoms with van der Waals surface area (Å²) in [5.41, 5.74) is 0.277. The molecule has 1 unspecified atom stereocenters. The third-order valence-corrected chi connectivity index (χ3v) is 3.23. The van der Waals surface area contributed by atoms with E-state index in [2.05, 4.69) is 27.7 Å². The molecule has 0 radical (unpaired) electrons. The largest absolute Gasteiger partial charge is 0.300 e. The first-order chi connectivity index (χ1) is 5.89. The fraction of sp³-hybridized carbons (Fsp3) is 0.917. The third-order valence-electron chi connectivity index (χ3n) is 3.23. The molecule has 0 aliphatic heterocycles. The normalized spacial score (nSPS) is 20.0. The second kappa shape index (κ2) is 3.81. The van der Waals surface area contributed by atoms with E-state index in [0.717, 1.165) is 18.8 Å². The van der Waals surface area contributed by atoms with Crippen LogP contribution in [0.25, 0.3) is 0 Å². The molecule has 0 bridgehead atoms. The monoisotopic (exact) mass is 182 g/mol. The lowest BCUT2D eigenvalue weighted by atomic mass is 9.79. The average molecular weight is 182 g/mol. The molecule has 1 saturated carbocycles. The van der Waals surface area contributed by atoms with Gasteiger partial charge in [0, 0.05) is 12.8 Å². The summed E-state index contributed by atoms with van der Waals surface area (Å²) >= 11 is 0. The number of carbonyl (C=O) groups excluding carboxylic acids is 1. The van der Waals surface area contributed by atoms with Crippen molar-refractivity contribution in [2.75, 3.05) is 0 Å². The van der Waals surface area contributed by atoms with Crippen LogP contribution in [0.15, 0.2) is 0 Å². The summed E-state index contributed by atoms with van der Waals surface area (Å²) in [7, 11) is 0. The Labute approximate surface area is 81.9 Å². The van der Waals surface area contributed by atoms with Crippen LogP contribution < -0.4 is 0 Å². The lowest BCUT2D eigenvalue weighted by Crippen LogP contribution is -2.20. The van der Waals surface area contributed by atoms with E-state index in [9.17, 15) is 4.79 Å². The van der Waals surface area contributed by atoms with Crippen molar-refractivity contribution in [3.8, 4) is 0 Å². The molecule has 1 nitrogen and oxygen atoms in total. The molecule has 1 fully saturated rings. The van der Waals surface area contributed by atoms with E-state index in [1.807, 2.05) is 0 Å². The second-order valence-corrected chi connectivity index (χ2v) is 5.66. The van der Waals surface area contributed by atoms with E-state index >= 15 is 0 Å². The van der Waals surface area contributed by atoms with E-state index in [0.29, 0.717) is 11.7 Å². The summed E-state index contributed by atoms with van der Waals surface area (Å²) in [5, 5.41) is 0. The lowest BCUT2D eigenvalue weighted by Gasteiger charge is -2.26. The molecule has 0 spiro atoms. The van der Waals surface area contributed by atoms with E-state index in [1.54, 1.807) is 0 Å². The molecule has 0 aromatic rings. The lowest BCUT2D eigenvalue weighted by molar-refractivity contribution is -0.120. The fourth-order valence-corrected chi connectivity index (χ4v) is 1.37. The van der Waals surface area contributed by atoms with Crippen LogP contribution in [0.5, 0.6) is 0 Å². The smallest absolute Gasteiger partial charge is 0.133 e. The molecule has 0 amide bonds. The van der Waals surface area contributed by atoms with Crippen LogP contribution in [0.3, 0.4) is 0 Å². The molecule has 76 valence electrons. The Morgan fingerprint density at radius 3 is 2.31 bits per heavy atom. The molecular weight excluding hydrogens is 160 g/mol. The highest BCUT2D eigenvalue weighted by molar-refractivity contribution is 5.79. The Kier molecular flexibility index (Phi) is 3.15. The van der Waals surface area contributed by atoms with Crippen molar-refractivity contribution >= 4 is 5.78 Å². The minimum absolute atomic E-state index is 0.277. The number of Topliss-reactive ketones (excluding diaryl/α,β-unsaturated/α-hetero) is 1. The highest BCUT2D eigenvalue weighted by Gasteiger charge is 2.27. The topological polar surface area (TPSA) is 17.1 Å². The molecule has 1 heteroatoms. The van der Waals surface area contributed by atoms with Gasteiger partial charge in [-0.25, -0.2) is 0 Å². The van der Waals surface area contributed by atoms with Crippen LogP contribution >= 0.6 is 0 Å². The molecule has 0 saturated heterocycles. The molecule has 1 atom stereocenters. The SMILES string of the molecule is CC(CC(=O)CC1CC1)C(C)(C)C. The average Bonchev–Trinajstić information content (AvgIpc) is 2.68. The molecule has 1 aliphatic rings. The van der Waals surface area contributed by atoms with Gasteiger partial charge in [-0.1, -0.05) is 27.7 Å². The van der Waals surface area contributed by atoms with Gasteiger partial charge in [0.15, 0.2) is 0 Å². The van der Waals surface area contributed by atoms with Gasteiger partial charge in [0.25, 0.3) is 0 Å². The molecule has 0 aromatic heterocycles. The quantitative estimate of drug-likeness (QED) is 0.651. The maximum atomic E-state index is 11.6. The summed E-state index contributed by atoms with van der Waals surface area (Å²) in [6.45, 7) is 8.82. The zero-order chi connectivity index (χ0) is 10.1. The van der Waals surface area contributed by atoms with Gasteiger partial charge < -0.3 is 0 Å². The summed E-state index contributed by atoms with van der Waals surface area (Å²) in [6, 6.07) is 0. The zero-order valence-electron chi connectivity index (χ0n) is 9.39. The Morgan fingerprint density at radius 2 is 1.92 bits per heavy atom. The zero-order valence-corrected chi connectivity index (χ0v) is 9.39. The van der Waals surface area contributed by atoms with Gasteiger partial charge >= 0.3 is 0 Å². The van der Waals surface area contributed by atoms with Gasteiger partial charge in [0.1, 0.15) is 5.78 Å². The Hall–Kier alpha value is -0.330. The van der Waals surface area contributed by atoms with E-state index in [1.165, 1.54) is 12.8 Å². The van der Waals surface area contributed by atoms with Crippen molar-refractivity contribution in [2.45, 2.75) is 53.4 Å². The van der Waals surface area contributed by atoms with Crippen LogP contribution in [0.2, 0.25) is 0 Å². The molecular formula is C12H22O. The summed E-state index contributed by atoms with van der Waals surface area (Å²) in [4.78, 5) is 11.6. The van der Waals surface area contributed by atoms with Crippen molar-refractivity contribution in [1.29, 1.82) is 0 Å². The van der Waals surface area contributed by atoms with Crippen molar-refractivity contribution < 1.29 is 4.79 Å². The molecule has 0 aromatic carbocycles. The molecule has 13 heavy (non-hydrogen) atoms. The van der Waals surface area contributed by atoms with Crippen molar-refractivity contribution in [1.82, 2.24) is 0 Å². The van der Waals surface area contributed by atoms with Gasteiger partial charge in [-0.2, -0.15) is 0 Å². The summed E-state index contributed by atoms with van der Waals surface area (Å²) in [6.07, 6.45) is 4.20. The third kappa shape index (κ3) is 3.93. The number of hydrogen-bond donors (Lipinski definition) is 0. The first-order valence-electron chi connectivity index (χ1n) is 5.41. The number of rotatable bonds is 4. The Balaban J connectivity index is 2.25. The van der Waals surface area contributed by atoms with Crippen LogP contribution in [0.4, 0.5) is 0 Å². The summed E-state index contributed by atoms with van der Waals surface area (Å²) in [5.74, 6) is 1.74. The van der Waals surface area contributed by atoms with E-state index in [-0.39, 0.29) is 5.41 Å². The fourth-order valence-electron chi connectivity index (χ4n) is 1.37. The van der Waals surface area contributed by atoms with E-state index < -0.39 is 0 Å². The maximum absolute atomic E-state index is 11.6. The first-order valence-corrected chi connectivity index (χ1v) is 5.41. The Bertz CT molecular complexity index is 184. The highest BCUT2D eigenvalue weighted by atomic mass is 16.1. The standard InChI is InChI=1S/C12H22O/c1-9(12(2,3)4)7-11(13)8-10-5-6-10/h9-10H,5-8H2,1-4H3. The predicted octanol–water partition coefficient (Wildman–Crippen LogP) is 3.43. The first kappa shape index (κ1) is 10.7. The second-order valence-electron chi connectivity index (χ2n) is 5.66. The maximum Gasteiger partial charge on any atom is 0.133 e. The van der Waals surface area contributed by atoms with Crippen LogP contribution in [-0.4, -0.2) is 5.78 Å². The van der Waals surface area contributed by atoms with Crippen molar-refractivity contribution in [3.63, 3.8) is 0 Å². The minimum atomic E-state index is 0.277. The highest BCUT2D eigenvalue weighted by Crippen LogP contribution is 2.35. The molecule has 1 aliphatic carbocycles. The molecule has 0 heterocycles. The van der Waals surface area contributed by atoms with Gasteiger partial charge in [-0.15, -0.1) is 0 Å². The van der Waals surface area contributed by atoms with Crippen LogP contribution in [-0.2, 0) is 4.79 Å². The van der Waals surface area contributed by atoms with Gasteiger partial charge in [0.2, 0.25) is 0 Å². The minimum Gasteiger partial charge on any atom is -0.300 e. The number of hydrogen-bond acceptors (Lipinski definition) is 1. The Morgan fingerprint density at radius 1 is 1.38 bits per heavy atom. The molecule has 1 rings (SSSR count).